The van der Waals surface area contributed by atoms with Crippen LogP contribution in [-0.2, 0) is 10.5 Å². The van der Waals surface area contributed by atoms with Gasteiger partial charge in [0.05, 0.1) is 12.9 Å². The van der Waals surface area contributed by atoms with E-state index in [-0.39, 0.29) is 12.4 Å². The van der Waals surface area contributed by atoms with Gasteiger partial charge in [0.1, 0.15) is 30.2 Å². The maximum absolute atomic E-state index is 10.9. The molecule has 10 nitrogen and oxygen atoms in total. The highest BCUT2D eigenvalue weighted by molar-refractivity contribution is 5.81. The van der Waals surface area contributed by atoms with Crippen molar-refractivity contribution in [1.29, 1.82) is 0 Å². The molecule has 4 atom stereocenters. The fourth-order valence-corrected chi connectivity index (χ4v) is 4.05. The molecule has 2 aromatic rings. The van der Waals surface area contributed by atoms with Crippen molar-refractivity contribution < 1.29 is 25.2 Å². The number of nitrogens with two attached hydrogens (primary N) is 1. The third-order valence-electron chi connectivity index (χ3n) is 5.66. The minimum atomic E-state index is -1.29. The number of unbranched alkanes of at least 4 members (excludes halogenated alkanes) is 6. The lowest BCUT2D eigenvalue weighted by Crippen LogP contribution is -2.45. The first kappa shape index (κ1) is 21.8. The van der Waals surface area contributed by atoms with Crippen LogP contribution in [0.2, 0.25) is 0 Å². The second-order valence-electron chi connectivity index (χ2n) is 7.61. The van der Waals surface area contributed by atoms with Gasteiger partial charge in [0.25, 0.3) is 0 Å². The van der Waals surface area contributed by atoms with E-state index < -0.39 is 30.6 Å². The fourth-order valence-electron chi connectivity index (χ4n) is 4.05. The van der Waals surface area contributed by atoms with E-state index in [4.69, 9.17) is 15.6 Å². The van der Waals surface area contributed by atoms with Gasteiger partial charge in [-0.25, -0.2) is 15.0 Å². The summed E-state index contributed by atoms with van der Waals surface area (Å²) < 4.78 is 7.62. The van der Waals surface area contributed by atoms with Crippen LogP contribution in [0.3, 0.4) is 0 Å². The van der Waals surface area contributed by atoms with Crippen LogP contribution in [0.5, 0.6) is 0 Å². The maximum Gasteiger partial charge on any atom is 0.176 e. The Hall–Kier alpha value is -1.85. The van der Waals surface area contributed by atoms with Gasteiger partial charge >= 0.3 is 0 Å². The third-order valence-corrected chi connectivity index (χ3v) is 5.66. The Morgan fingerprint density at radius 3 is 2.34 bits per heavy atom. The summed E-state index contributed by atoms with van der Waals surface area (Å²) in [5.41, 5.74) is 5.39. The Morgan fingerprint density at radius 2 is 1.69 bits per heavy atom. The summed E-state index contributed by atoms with van der Waals surface area (Å²) in [4.78, 5) is 12.4. The van der Waals surface area contributed by atoms with Crippen LogP contribution in [-0.4, -0.2) is 71.5 Å². The van der Waals surface area contributed by atoms with E-state index in [1.54, 1.807) is 4.57 Å². The third kappa shape index (κ3) is 4.36. The van der Waals surface area contributed by atoms with Gasteiger partial charge in [0.15, 0.2) is 17.2 Å². The molecule has 1 fully saturated rings. The number of fused-ring (bicyclic) bond motifs is 1. The Morgan fingerprint density at radius 1 is 1.00 bits per heavy atom. The van der Waals surface area contributed by atoms with Crippen molar-refractivity contribution in [3.63, 3.8) is 0 Å². The van der Waals surface area contributed by atoms with E-state index in [1.807, 2.05) is 0 Å². The zero-order valence-electron chi connectivity index (χ0n) is 16.5. The van der Waals surface area contributed by atoms with Crippen LogP contribution in [0.1, 0.15) is 51.4 Å². The standard InChI is InChI=1S/C19H31N5O5/c20-17-14-18(22-11-21-17)24(12-23-14)19(16(28)15(27)13(10-26)29-19)8-6-4-2-1-3-5-7-9-25/h11-13,15-16,25-28H,1-10H2,(H2,20,21,22)/t13-,15-,16-,19-/m1/s1. The molecule has 0 radical (unpaired) electrons. The number of rotatable bonds is 11. The van der Waals surface area contributed by atoms with Gasteiger partial charge in [-0.15, -0.1) is 0 Å². The summed E-state index contributed by atoms with van der Waals surface area (Å²) in [5, 5.41) is 39.7. The number of hydrogen-bond acceptors (Lipinski definition) is 9. The van der Waals surface area contributed by atoms with Crippen LogP contribution in [0.25, 0.3) is 11.2 Å². The van der Waals surface area contributed by atoms with Crippen LogP contribution >= 0.6 is 0 Å². The van der Waals surface area contributed by atoms with Crippen molar-refractivity contribution in [3.8, 4) is 0 Å². The topological polar surface area (TPSA) is 160 Å². The van der Waals surface area contributed by atoms with Crippen LogP contribution in [0, 0.1) is 0 Å². The quantitative estimate of drug-likeness (QED) is 0.329. The predicted molar refractivity (Wildman–Crippen MR) is 106 cm³/mol. The molecule has 2 aromatic heterocycles. The van der Waals surface area contributed by atoms with E-state index in [0.29, 0.717) is 17.6 Å². The first-order valence-corrected chi connectivity index (χ1v) is 10.2. The minimum absolute atomic E-state index is 0.221. The van der Waals surface area contributed by atoms with Crippen molar-refractivity contribution in [2.24, 2.45) is 0 Å². The van der Waals surface area contributed by atoms with Gasteiger partial charge in [0, 0.05) is 6.61 Å². The summed E-state index contributed by atoms with van der Waals surface area (Å²) >= 11 is 0. The lowest BCUT2D eigenvalue weighted by atomic mass is 9.95. The predicted octanol–water partition coefficient (Wildman–Crippen LogP) is 0.287. The molecule has 0 amide bonds. The van der Waals surface area contributed by atoms with Crippen molar-refractivity contribution in [3.05, 3.63) is 12.7 Å². The molecule has 3 rings (SSSR count). The van der Waals surface area contributed by atoms with Gasteiger partial charge in [-0.3, -0.25) is 4.57 Å². The monoisotopic (exact) mass is 409 g/mol. The second-order valence-corrected chi connectivity index (χ2v) is 7.61. The van der Waals surface area contributed by atoms with E-state index in [0.717, 1.165) is 44.9 Å². The number of hydrogen-bond donors (Lipinski definition) is 5. The first-order chi connectivity index (χ1) is 14.0. The van der Waals surface area contributed by atoms with E-state index >= 15 is 0 Å². The van der Waals surface area contributed by atoms with E-state index in [1.165, 1.54) is 12.7 Å². The van der Waals surface area contributed by atoms with Gasteiger partial charge in [-0.05, 0) is 19.3 Å². The number of imidazole rings is 1. The van der Waals surface area contributed by atoms with Crippen LogP contribution < -0.4 is 5.73 Å². The van der Waals surface area contributed by atoms with E-state index in [9.17, 15) is 15.3 Å². The molecule has 6 N–H and O–H groups in total. The summed E-state index contributed by atoms with van der Waals surface area (Å²) in [6.07, 6.45) is 6.58. The zero-order chi connectivity index (χ0) is 20.9. The molecule has 162 valence electrons. The molecule has 3 heterocycles. The molecule has 0 saturated carbocycles. The smallest absolute Gasteiger partial charge is 0.176 e. The molecule has 1 saturated heterocycles. The summed E-state index contributed by atoms with van der Waals surface area (Å²) in [5.74, 6) is 0.221. The van der Waals surface area contributed by atoms with Crippen molar-refractivity contribution in [2.75, 3.05) is 18.9 Å². The molecule has 10 heteroatoms. The van der Waals surface area contributed by atoms with Gasteiger partial charge < -0.3 is 30.9 Å². The largest absolute Gasteiger partial charge is 0.396 e. The molecule has 1 aliphatic heterocycles. The highest BCUT2D eigenvalue weighted by Gasteiger charge is 2.55. The molecule has 0 aliphatic carbocycles. The lowest BCUT2D eigenvalue weighted by Gasteiger charge is -2.34. The molecule has 0 unspecified atom stereocenters. The maximum atomic E-state index is 10.9. The SMILES string of the molecule is Nc1ncnc2c1ncn2[C@]1(CCCCCCCCCO)O[C@H](CO)[C@@H](O)[C@H]1O. The number of anilines is 1. The zero-order valence-corrected chi connectivity index (χ0v) is 16.5. The van der Waals surface area contributed by atoms with Crippen molar-refractivity contribution >= 4 is 17.0 Å². The Labute approximate surface area is 169 Å². The fraction of sp³-hybridized carbons (Fsp3) is 0.737. The second kappa shape index (κ2) is 9.77. The number of nitrogens with zero attached hydrogens (tertiary/aromatic N) is 4. The normalized spacial score (nSPS) is 27.1. The number of ether oxygens (including phenoxy) is 1. The number of nitrogen functional groups attached to an aromatic ring is 1. The lowest BCUT2D eigenvalue weighted by molar-refractivity contribution is -0.151. The van der Waals surface area contributed by atoms with Crippen LogP contribution in [0.4, 0.5) is 5.82 Å². The molecule has 0 bridgehead atoms. The summed E-state index contributed by atoms with van der Waals surface area (Å²) in [6.45, 7) is -0.173. The summed E-state index contributed by atoms with van der Waals surface area (Å²) in [7, 11) is 0. The minimum Gasteiger partial charge on any atom is -0.396 e. The Kier molecular flexibility index (Phi) is 7.36. The average Bonchev–Trinajstić information content (AvgIpc) is 3.26. The van der Waals surface area contributed by atoms with Crippen molar-refractivity contribution in [2.45, 2.75) is 75.4 Å². The molecular formula is C19H31N5O5. The van der Waals surface area contributed by atoms with Crippen LogP contribution in [0.15, 0.2) is 12.7 Å². The summed E-state index contributed by atoms with van der Waals surface area (Å²) in [6, 6.07) is 0. The highest BCUT2D eigenvalue weighted by Crippen LogP contribution is 2.41. The highest BCUT2D eigenvalue weighted by atomic mass is 16.6. The molecule has 1 aliphatic rings. The molecular weight excluding hydrogens is 378 g/mol. The van der Waals surface area contributed by atoms with Crippen molar-refractivity contribution in [1.82, 2.24) is 19.5 Å². The first-order valence-electron chi connectivity index (χ1n) is 10.2. The number of aliphatic hydroxyl groups is 4. The molecule has 0 spiro atoms. The Balaban J connectivity index is 1.76. The molecule has 0 aromatic carbocycles. The van der Waals surface area contributed by atoms with Gasteiger partial charge in [0.2, 0.25) is 0 Å². The molecule has 29 heavy (non-hydrogen) atoms. The van der Waals surface area contributed by atoms with Gasteiger partial charge in [-0.2, -0.15) is 0 Å². The number of aliphatic hydroxyl groups excluding tert-OH is 4. The van der Waals surface area contributed by atoms with E-state index in [2.05, 4.69) is 15.0 Å². The number of aromatic nitrogens is 4. The van der Waals surface area contributed by atoms with Gasteiger partial charge in [-0.1, -0.05) is 32.1 Å². The Bertz CT molecular complexity index is 787. The average molecular weight is 409 g/mol.